The molecule has 0 unspecified atom stereocenters. The van der Waals surface area contributed by atoms with Crippen LogP contribution in [0.15, 0.2) is 30.3 Å². The smallest absolute Gasteiger partial charge is 0.296 e. The average molecular weight is 203 g/mol. The van der Waals surface area contributed by atoms with Crippen molar-refractivity contribution in [2.75, 3.05) is 6.61 Å². The van der Waals surface area contributed by atoms with Crippen LogP contribution in [-0.2, 0) is 4.79 Å². The molecule has 0 saturated carbocycles. The molecule has 0 aromatic heterocycles. The molecule has 1 amide bonds. The van der Waals surface area contributed by atoms with E-state index in [1.54, 1.807) is 6.92 Å². The minimum absolute atomic E-state index is 0.138. The number of amides is 1. The van der Waals surface area contributed by atoms with Crippen molar-refractivity contribution in [3.05, 3.63) is 35.9 Å². The van der Waals surface area contributed by atoms with Crippen LogP contribution in [0.1, 0.15) is 18.5 Å². The van der Waals surface area contributed by atoms with Gasteiger partial charge in [-0.05, 0) is 18.4 Å². The van der Waals surface area contributed by atoms with Crippen molar-refractivity contribution in [2.24, 2.45) is 0 Å². The van der Waals surface area contributed by atoms with E-state index in [-0.39, 0.29) is 18.6 Å². The van der Waals surface area contributed by atoms with Gasteiger partial charge in [0.2, 0.25) is 0 Å². The van der Waals surface area contributed by atoms with E-state index in [0.29, 0.717) is 0 Å². The monoisotopic (exact) mass is 203 g/mol. The Balaban J connectivity index is 2.72. The SMILES string of the molecule is CC#CC(=O)N[C@@H](CO)c1ccccc1. The highest BCUT2D eigenvalue weighted by molar-refractivity contribution is 5.93. The van der Waals surface area contributed by atoms with Gasteiger partial charge < -0.3 is 10.4 Å². The lowest BCUT2D eigenvalue weighted by molar-refractivity contribution is -0.116. The van der Waals surface area contributed by atoms with Crippen LogP contribution < -0.4 is 5.32 Å². The third-order valence-corrected chi connectivity index (χ3v) is 1.93. The first-order chi connectivity index (χ1) is 7.27. The first-order valence-corrected chi connectivity index (χ1v) is 4.67. The van der Waals surface area contributed by atoms with Gasteiger partial charge >= 0.3 is 0 Å². The van der Waals surface area contributed by atoms with Crippen LogP contribution in [0.4, 0.5) is 0 Å². The van der Waals surface area contributed by atoms with Crippen molar-refractivity contribution in [3.8, 4) is 11.8 Å². The molecule has 2 N–H and O–H groups in total. The highest BCUT2D eigenvalue weighted by Gasteiger charge is 2.11. The predicted molar refractivity (Wildman–Crippen MR) is 57.9 cm³/mol. The summed E-state index contributed by atoms with van der Waals surface area (Å²) in [5.74, 6) is 4.50. The molecule has 1 atom stereocenters. The normalized spacial score (nSPS) is 11.1. The van der Waals surface area contributed by atoms with Gasteiger partial charge in [-0.15, -0.1) is 0 Å². The van der Waals surface area contributed by atoms with Crippen LogP contribution in [0.25, 0.3) is 0 Å². The fourth-order valence-corrected chi connectivity index (χ4v) is 1.23. The summed E-state index contributed by atoms with van der Waals surface area (Å²) >= 11 is 0. The summed E-state index contributed by atoms with van der Waals surface area (Å²) in [4.78, 5) is 11.2. The zero-order chi connectivity index (χ0) is 11.1. The van der Waals surface area contributed by atoms with E-state index >= 15 is 0 Å². The van der Waals surface area contributed by atoms with Crippen molar-refractivity contribution in [3.63, 3.8) is 0 Å². The zero-order valence-electron chi connectivity index (χ0n) is 8.53. The van der Waals surface area contributed by atoms with Crippen LogP contribution in [0, 0.1) is 11.8 Å². The second kappa shape index (κ2) is 5.84. The first-order valence-electron chi connectivity index (χ1n) is 4.67. The largest absolute Gasteiger partial charge is 0.394 e. The van der Waals surface area contributed by atoms with Crippen molar-refractivity contribution in [1.29, 1.82) is 0 Å². The second-order valence-corrected chi connectivity index (χ2v) is 2.99. The van der Waals surface area contributed by atoms with Gasteiger partial charge in [-0.2, -0.15) is 0 Å². The third kappa shape index (κ3) is 3.45. The highest BCUT2D eigenvalue weighted by atomic mass is 16.3. The Hall–Kier alpha value is -1.79. The van der Waals surface area contributed by atoms with E-state index in [1.807, 2.05) is 30.3 Å². The van der Waals surface area contributed by atoms with E-state index in [9.17, 15) is 4.79 Å². The summed E-state index contributed by atoms with van der Waals surface area (Å²) in [5, 5.41) is 11.8. The van der Waals surface area contributed by atoms with Crippen molar-refractivity contribution in [2.45, 2.75) is 13.0 Å². The maximum atomic E-state index is 11.2. The molecule has 0 spiro atoms. The van der Waals surface area contributed by atoms with Gasteiger partial charge in [-0.25, -0.2) is 0 Å². The van der Waals surface area contributed by atoms with E-state index < -0.39 is 0 Å². The maximum absolute atomic E-state index is 11.2. The topological polar surface area (TPSA) is 49.3 Å². The lowest BCUT2D eigenvalue weighted by Crippen LogP contribution is -2.29. The molecule has 15 heavy (non-hydrogen) atoms. The molecule has 78 valence electrons. The Morgan fingerprint density at radius 1 is 1.47 bits per heavy atom. The number of carbonyl (C=O) groups excluding carboxylic acids is 1. The zero-order valence-corrected chi connectivity index (χ0v) is 8.53. The number of carbonyl (C=O) groups is 1. The summed E-state index contributed by atoms with van der Waals surface area (Å²) in [6.07, 6.45) is 0. The summed E-state index contributed by atoms with van der Waals surface area (Å²) in [6.45, 7) is 1.46. The van der Waals surface area contributed by atoms with E-state index in [0.717, 1.165) is 5.56 Å². The molecule has 0 bridgehead atoms. The number of nitrogens with one attached hydrogen (secondary N) is 1. The fraction of sp³-hybridized carbons (Fsp3) is 0.250. The van der Waals surface area contributed by atoms with Crippen molar-refractivity contribution < 1.29 is 9.90 Å². The van der Waals surface area contributed by atoms with Gasteiger partial charge in [0.15, 0.2) is 0 Å². The highest BCUT2D eigenvalue weighted by Crippen LogP contribution is 2.10. The Morgan fingerprint density at radius 3 is 2.67 bits per heavy atom. The van der Waals surface area contributed by atoms with Gasteiger partial charge in [-0.1, -0.05) is 36.3 Å². The molecule has 0 radical (unpaired) electrons. The third-order valence-electron chi connectivity index (χ3n) is 1.93. The maximum Gasteiger partial charge on any atom is 0.296 e. The standard InChI is InChI=1S/C12H13NO2/c1-2-6-12(15)13-11(9-14)10-7-4-3-5-8-10/h3-5,7-8,11,14H,9H2,1H3,(H,13,15)/t11-/m0/s1. The number of hydrogen-bond donors (Lipinski definition) is 2. The van der Waals surface area contributed by atoms with Gasteiger partial charge in [-0.3, -0.25) is 4.79 Å². The lowest BCUT2D eigenvalue weighted by atomic mass is 10.1. The summed E-state index contributed by atoms with van der Waals surface area (Å²) in [6, 6.07) is 8.90. The number of aliphatic hydroxyl groups excluding tert-OH is 1. The Labute approximate surface area is 89.1 Å². The summed E-state index contributed by atoms with van der Waals surface area (Å²) in [7, 11) is 0. The summed E-state index contributed by atoms with van der Waals surface area (Å²) in [5.41, 5.74) is 0.867. The van der Waals surface area contributed by atoms with Crippen LogP contribution in [0.3, 0.4) is 0 Å². The molecule has 1 rings (SSSR count). The van der Waals surface area contributed by atoms with Gasteiger partial charge in [0.25, 0.3) is 5.91 Å². The molecule has 3 heteroatoms. The molecule has 0 fully saturated rings. The lowest BCUT2D eigenvalue weighted by Gasteiger charge is -2.14. The molecule has 0 heterocycles. The first kappa shape index (κ1) is 11.3. The molecular formula is C12H13NO2. The minimum Gasteiger partial charge on any atom is -0.394 e. The molecular weight excluding hydrogens is 190 g/mol. The van der Waals surface area contributed by atoms with Gasteiger partial charge in [0.1, 0.15) is 0 Å². The average Bonchev–Trinajstić information content (AvgIpc) is 2.27. The summed E-state index contributed by atoms with van der Waals surface area (Å²) < 4.78 is 0. The molecule has 0 aliphatic rings. The van der Waals surface area contributed by atoms with E-state index in [1.165, 1.54) is 0 Å². The van der Waals surface area contributed by atoms with Gasteiger partial charge in [0.05, 0.1) is 12.6 Å². The van der Waals surface area contributed by atoms with Crippen LogP contribution in [-0.4, -0.2) is 17.6 Å². The number of hydrogen-bond acceptors (Lipinski definition) is 2. The molecule has 0 aliphatic heterocycles. The molecule has 1 aromatic carbocycles. The minimum atomic E-state index is -0.389. The number of rotatable bonds is 3. The van der Waals surface area contributed by atoms with E-state index in [2.05, 4.69) is 17.2 Å². The van der Waals surface area contributed by atoms with Crippen LogP contribution in [0.5, 0.6) is 0 Å². The molecule has 0 saturated heterocycles. The second-order valence-electron chi connectivity index (χ2n) is 2.99. The quantitative estimate of drug-likeness (QED) is 0.716. The molecule has 3 nitrogen and oxygen atoms in total. The predicted octanol–water partition coefficient (Wildman–Crippen LogP) is 0.860. The Kier molecular flexibility index (Phi) is 4.39. The van der Waals surface area contributed by atoms with Crippen molar-refractivity contribution in [1.82, 2.24) is 5.32 Å². The van der Waals surface area contributed by atoms with Crippen LogP contribution >= 0.6 is 0 Å². The number of aliphatic hydroxyl groups is 1. The van der Waals surface area contributed by atoms with Gasteiger partial charge in [0, 0.05) is 0 Å². The van der Waals surface area contributed by atoms with E-state index in [4.69, 9.17) is 5.11 Å². The van der Waals surface area contributed by atoms with Crippen molar-refractivity contribution >= 4 is 5.91 Å². The fourth-order valence-electron chi connectivity index (χ4n) is 1.23. The Morgan fingerprint density at radius 2 is 2.13 bits per heavy atom. The van der Waals surface area contributed by atoms with Crippen LogP contribution in [0.2, 0.25) is 0 Å². The Bertz CT molecular complexity index is 376. The molecule has 0 aliphatic carbocycles. The molecule has 1 aromatic rings. The number of benzene rings is 1.